The van der Waals surface area contributed by atoms with Crippen LogP contribution in [0.1, 0.15) is 24.0 Å². The third kappa shape index (κ3) is 5.63. The SMILES string of the molecule is CN=C(NCCc1c(OC)cc(OC)cc1OC)NCc1ccc(N2CCCC2=O)cc1. The molecule has 3 rings (SSSR count). The van der Waals surface area contributed by atoms with Crippen molar-refractivity contribution in [2.45, 2.75) is 25.8 Å². The van der Waals surface area contributed by atoms with E-state index in [1.54, 1.807) is 28.4 Å². The van der Waals surface area contributed by atoms with E-state index in [0.717, 1.165) is 41.3 Å². The topological polar surface area (TPSA) is 84.4 Å². The van der Waals surface area contributed by atoms with Gasteiger partial charge in [-0.3, -0.25) is 9.79 Å². The summed E-state index contributed by atoms with van der Waals surface area (Å²) in [6.45, 7) is 2.08. The highest BCUT2D eigenvalue weighted by atomic mass is 16.5. The largest absolute Gasteiger partial charge is 0.496 e. The molecular weight excluding hydrogens is 408 g/mol. The van der Waals surface area contributed by atoms with Crippen LogP contribution in [0, 0.1) is 0 Å². The molecule has 1 amide bonds. The van der Waals surface area contributed by atoms with Crippen molar-refractivity contribution in [1.29, 1.82) is 0 Å². The van der Waals surface area contributed by atoms with Gasteiger partial charge < -0.3 is 29.7 Å². The molecule has 172 valence electrons. The van der Waals surface area contributed by atoms with Gasteiger partial charge in [0.05, 0.1) is 21.3 Å². The Hall–Kier alpha value is -3.42. The van der Waals surface area contributed by atoms with Crippen LogP contribution in [-0.4, -0.2) is 53.3 Å². The van der Waals surface area contributed by atoms with Crippen LogP contribution in [0.25, 0.3) is 0 Å². The van der Waals surface area contributed by atoms with Crippen molar-refractivity contribution in [1.82, 2.24) is 10.6 Å². The van der Waals surface area contributed by atoms with Crippen molar-refractivity contribution in [2.75, 3.05) is 46.4 Å². The lowest BCUT2D eigenvalue weighted by Crippen LogP contribution is -2.37. The maximum absolute atomic E-state index is 11.9. The summed E-state index contributed by atoms with van der Waals surface area (Å²) in [6.07, 6.45) is 2.26. The number of hydrogen-bond acceptors (Lipinski definition) is 5. The first-order chi connectivity index (χ1) is 15.6. The van der Waals surface area contributed by atoms with E-state index in [9.17, 15) is 4.79 Å². The normalized spacial score (nSPS) is 13.8. The molecule has 1 heterocycles. The van der Waals surface area contributed by atoms with Crippen molar-refractivity contribution in [3.05, 3.63) is 47.5 Å². The molecule has 0 atom stereocenters. The molecule has 8 nitrogen and oxygen atoms in total. The standard InChI is InChI=1S/C24H32N4O4/c1-25-24(26-12-11-20-21(31-3)14-19(30-2)15-22(20)32-4)27-16-17-7-9-18(10-8-17)28-13-5-6-23(28)29/h7-10,14-15H,5-6,11-13,16H2,1-4H3,(H2,25,26,27). The lowest BCUT2D eigenvalue weighted by Gasteiger charge is -2.17. The number of nitrogens with one attached hydrogen (secondary N) is 2. The Morgan fingerprint density at radius 3 is 2.25 bits per heavy atom. The minimum absolute atomic E-state index is 0.200. The van der Waals surface area contributed by atoms with Gasteiger partial charge in [0.15, 0.2) is 5.96 Å². The van der Waals surface area contributed by atoms with E-state index in [1.165, 1.54) is 0 Å². The predicted molar refractivity (Wildman–Crippen MR) is 126 cm³/mol. The number of rotatable bonds is 9. The second kappa shape index (κ2) is 11.3. The van der Waals surface area contributed by atoms with E-state index < -0.39 is 0 Å². The maximum atomic E-state index is 11.9. The van der Waals surface area contributed by atoms with Crippen molar-refractivity contribution >= 4 is 17.6 Å². The predicted octanol–water partition coefficient (Wildman–Crippen LogP) is 2.75. The molecule has 8 heteroatoms. The molecule has 2 N–H and O–H groups in total. The summed E-state index contributed by atoms with van der Waals surface area (Å²) in [4.78, 5) is 18.0. The number of methoxy groups -OCH3 is 3. The second-order valence-corrected chi connectivity index (χ2v) is 7.43. The average molecular weight is 441 g/mol. The Balaban J connectivity index is 1.53. The van der Waals surface area contributed by atoms with Gasteiger partial charge in [0.2, 0.25) is 5.91 Å². The number of benzene rings is 2. The first-order valence-corrected chi connectivity index (χ1v) is 10.7. The molecule has 1 aliphatic rings. The fraction of sp³-hybridized carbons (Fsp3) is 0.417. The summed E-state index contributed by atoms with van der Waals surface area (Å²) in [5.41, 5.74) is 3.04. The van der Waals surface area contributed by atoms with Crippen molar-refractivity contribution < 1.29 is 19.0 Å². The summed E-state index contributed by atoms with van der Waals surface area (Å²) in [5, 5.41) is 6.65. The first kappa shape index (κ1) is 23.2. The number of carbonyl (C=O) groups is 1. The van der Waals surface area contributed by atoms with Crippen LogP contribution in [0.2, 0.25) is 0 Å². The molecule has 0 radical (unpaired) electrons. The van der Waals surface area contributed by atoms with Crippen LogP contribution in [0.4, 0.5) is 5.69 Å². The van der Waals surface area contributed by atoms with Gasteiger partial charge in [0.25, 0.3) is 0 Å². The summed E-state index contributed by atoms with van der Waals surface area (Å²) in [5.74, 6) is 3.04. The van der Waals surface area contributed by atoms with E-state index in [4.69, 9.17) is 14.2 Å². The molecule has 2 aromatic carbocycles. The van der Waals surface area contributed by atoms with E-state index in [2.05, 4.69) is 15.6 Å². The van der Waals surface area contributed by atoms with Gasteiger partial charge in [-0.1, -0.05) is 12.1 Å². The molecule has 0 saturated carbocycles. The summed E-state index contributed by atoms with van der Waals surface area (Å²) in [6, 6.07) is 11.8. The Bertz CT molecular complexity index is 919. The van der Waals surface area contributed by atoms with Gasteiger partial charge >= 0.3 is 0 Å². The third-order valence-electron chi connectivity index (χ3n) is 5.49. The quantitative estimate of drug-likeness (QED) is 0.461. The number of anilines is 1. The summed E-state index contributed by atoms with van der Waals surface area (Å²) >= 11 is 0. The molecule has 2 aromatic rings. The number of ether oxygens (including phenoxy) is 3. The van der Waals surface area contributed by atoms with Crippen LogP contribution in [0.3, 0.4) is 0 Å². The van der Waals surface area contributed by atoms with Crippen LogP contribution in [0.15, 0.2) is 41.4 Å². The molecule has 0 unspecified atom stereocenters. The van der Waals surface area contributed by atoms with Crippen LogP contribution < -0.4 is 29.7 Å². The molecule has 0 aliphatic carbocycles. The fourth-order valence-electron chi connectivity index (χ4n) is 3.75. The molecule has 1 aliphatic heterocycles. The highest BCUT2D eigenvalue weighted by Crippen LogP contribution is 2.34. The van der Waals surface area contributed by atoms with Crippen LogP contribution >= 0.6 is 0 Å². The van der Waals surface area contributed by atoms with Crippen molar-refractivity contribution in [3.8, 4) is 17.2 Å². The summed E-state index contributed by atoms with van der Waals surface area (Å²) in [7, 11) is 6.63. The van der Waals surface area contributed by atoms with Gasteiger partial charge in [0, 0.05) is 56.5 Å². The van der Waals surface area contributed by atoms with Gasteiger partial charge in [-0.2, -0.15) is 0 Å². The highest BCUT2D eigenvalue weighted by Gasteiger charge is 2.21. The smallest absolute Gasteiger partial charge is 0.227 e. The number of guanidine groups is 1. The van der Waals surface area contributed by atoms with E-state index in [1.807, 2.05) is 41.3 Å². The second-order valence-electron chi connectivity index (χ2n) is 7.43. The average Bonchev–Trinajstić information content (AvgIpc) is 3.26. The van der Waals surface area contributed by atoms with Gasteiger partial charge in [-0.25, -0.2) is 0 Å². The Kier molecular flexibility index (Phi) is 8.19. The molecular formula is C24H32N4O4. The molecule has 0 aromatic heterocycles. The zero-order valence-corrected chi connectivity index (χ0v) is 19.2. The van der Waals surface area contributed by atoms with Crippen LogP contribution in [0.5, 0.6) is 17.2 Å². The molecule has 0 spiro atoms. The number of carbonyl (C=O) groups excluding carboxylic acids is 1. The Morgan fingerprint density at radius 1 is 1.03 bits per heavy atom. The third-order valence-corrected chi connectivity index (χ3v) is 5.49. The van der Waals surface area contributed by atoms with E-state index in [0.29, 0.717) is 37.6 Å². The molecule has 1 saturated heterocycles. The zero-order chi connectivity index (χ0) is 22.9. The molecule has 32 heavy (non-hydrogen) atoms. The van der Waals surface area contributed by atoms with Crippen molar-refractivity contribution in [3.63, 3.8) is 0 Å². The monoisotopic (exact) mass is 440 g/mol. The van der Waals surface area contributed by atoms with E-state index in [-0.39, 0.29) is 5.91 Å². The Labute approximate surface area is 189 Å². The minimum Gasteiger partial charge on any atom is -0.496 e. The Morgan fingerprint density at radius 2 is 1.72 bits per heavy atom. The first-order valence-electron chi connectivity index (χ1n) is 10.7. The van der Waals surface area contributed by atoms with Gasteiger partial charge in [0.1, 0.15) is 17.2 Å². The zero-order valence-electron chi connectivity index (χ0n) is 19.2. The number of hydrogen-bond donors (Lipinski definition) is 2. The maximum Gasteiger partial charge on any atom is 0.227 e. The van der Waals surface area contributed by atoms with Crippen LogP contribution in [-0.2, 0) is 17.8 Å². The lowest BCUT2D eigenvalue weighted by molar-refractivity contribution is -0.117. The lowest BCUT2D eigenvalue weighted by atomic mass is 10.1. The minimum atomic E-state index is 0.200. The molecule has 1 fully saturated rings. The molecule has 0 bridgehead atoms. The number of amides is 1. The van der Waals surface area contributed by atoms with Crippen molar-refractivity contribution in [2.24, 2.45) is 4.99 Å². The number of aliphatic imine (C=N–C) groups is 1. The van der Waals surface area contributed by atoms with Gasteiger partial charge in [-0.15, -0.1) is 0 Å². The highest BCUT2D eigenvalue weighted by molar-refractivity contribution is 5.95. The fourth-order valence-corrected chi connectivity index (χ4v) is 3.75. The summed E-state index contributed by atoms with van der Waals surface area (Å²) < 4.78 is 16.3. The van der Waals surface area contributed by atoms with Gasteiger partial charge in [-0.05, 0) is 30.5 Å². The van der Waals surface area contributed by atoms with E-state index >= 15 is 0 Å². The number of nitrogens with zero attached hydrogens (tertiary/aromatic N) is 2.